The number of nitrogens with one attached hydrogen (secondary N) is 1. The number of halogens is 1. The predicted octanol–water partition coefficient (Wildman–Crippen LogP) is 3.93. The molecule has 1 aliphatic rings. The number of carbonyl (C=O) groups is 1. The number of benzene rings is 1. The maximum absolute atomic E-state index is 14.8. The first-order valence-corrected chi connectivity index (χ1v) is 8.30. The molecule has 0 unspecified atom stereocenters. The Morgan fingerprint density at radius 2 is 2.17 bits per heavy atom. The monoisotopic (exact) mass is 333 g/mol. The Bertz CT molecular complexity index is 750. The van der Waals surface area contributed by atoms with Crippen LogP contribution in [0.3, 0.4) is 0 Å². The summed E-state index contributed by atoms with van der Waals surface area (Å²) in [7, 11) is 0. The van der Waals surface area contributed by atoms with Crippen molar-refractivity contribution in [3.05, 3.63) is 29.5 Å². The maximum Gasteiger partial charge on any atom is 0.410 e. The van der Waals surface area contributed by atoms with Gasteiger partial charge in [-0.1, -0.05) is 0 Å². The maximum atomic E-state index is 14.8. The van der Waals surface area contributed by atoms with Crippen LogP contribution in [0.15, 0.2) is 18.3 Å². The van der Waals surface area contributed by atoms with Gasteiger partial charge in [-0.25, -0.2) is 9.18 Å². The summed E-state index contributed by atoms with van der Waals surface area (Å²) in [6.07, 6.45) is 0.806. The van der Waals surface area contributed by atoms with E-state index in [0.29, 0.717) is 13.0 Å². The Labute approximate surface area is 141 Å². The predicted molar refractivity (Wildman–Crippen MR) is 90.9 cm³/mol. The number of hydrogen-bond donors (Lipinski definition) is 1. The molecule has 2 aromatic rings. The molecule has 1 saturated heterocycles. The average molecular weight is 333 g/mol. The van der Waals surface area contributed by atoms with Crippen LogP contribution in [0.25, 0.3) is 10.9 Å². The van der Waals surface area contributed by atoms with E-state index in [0.717, 1.165) is 22.0 Å². The highest BCUT2D eigenvalue weighted by atomic mass is 19.1. The summed E-state index contributed by atoms with van der Waals surface area (Å²) >= 11 is 0. The second kappa shape index (κ2) is 6.07. The van der Waals surface area contributed by atoms with E-state index in [4.69, 9.17) is 4.74 Å². The summed E-state index contributed by atoms with van der Waals surface area (Å²) in [5.74, 6) is -0.212. The van der Waals surface area contributed by atoms with E-state index < -0.39 is 17.9 Å². The third kappa shape index (κ3) is 3.37. The summed E-state index contributed by atoms with van der Waals surface area (Å²) in [5.41, 5.74) is 2.39. The molecule has 1 aromatic carbocycles. The zero-order valence-corrected chi connectivity index (χ0v) is 14.6. The number of aromatic nitrogens is 2. The second-order valence-electron chi connectivity index (χ2n) is 7.50. The topological polar surface area (TPSA) is 58.2 Å². The first kappa shape index (κ1) is 16.7. The van der Waals surface area contributed by atoms with E-state index in [9.17, 15) is 9.18 Å². The molecule has 0 radical (unpaired) electrons. The number of piperidine rings is 1. The number of H-pyrrole nitrogens is 1. The van der Waals surface area contributed by atoms with Crippen LogP contribution in [0.5, 0.6) is 0 Å². The minimum absolute atomic E-state index is 0.0695. The van der Waals surface area contributed by atoms with Crippen molar-refractivity contribution in [2.75, 3.05) is 13.1 Å². The van der Waals surface area contributed by atoms with E-state index in [1.165, 1.54) is 4.90 Å². The normalized spacial score (nSPS) is 22.0. The van der Waals surface area contributed by atoms with Crippen molar-refractivity contribution in [2.45, 2.75) is 51.8 Å². The molecule has 130 valence electrons. The zero-order valence-electron chi connectivity index (χ0n) is 14.6. The number of hydrogen-bond acceptors (Lipinski definition) is 3. The van der Waals surface area contributed by atoms with Crippen molar-refractivity contribution in [3.8, 4) is 0 Å². The molecule has 1 aromatic heterocycles. The highest BCUT2D eigenvalue weighted by Gasteiger charge is 2.35. The number of fused-ring (bicyclic) bond motifs is 1. The molecule has 1 aliphatic heterocycles. The van der Waals surface area contributed by atoms with Gasteiger partial charge >= 0.3 is 6.09 Å². The Hall–Kier alpha value is -2.11. The molecule has 24 heavy (non-hydrogen) atoms. The number of ether oxygens (including phenoxy) is 1. The molecule has 2 heterocycles. The quantitative estimate of drug-likeness (QED) is 0.860. The third-order valence-electron chi connectivity index (χ3n) is 4.42. The molecule has 0 bridgehead atoms. The van der Waals surface area contributed by atoms with Crippen molar-refractivity contribution >= 4 is 17.0 Å². The van der Waals surface area contributed by atoms with Gasteiger partial charge in [-0.2, -0.15) is 5.10 Å². The number of alkyl halides is 1. The van der Waals surface area contributed by atoms with Crippen molar-refractivity contribution < 1.29 is 13.9 Å². The first-order valence-electron chi connectivity index (χ1n) is 8.30. The molecule has 1 fully saturated rings. The molecule has 2 atom stereocenters. The number of likely N-dealkylation sites (tertiary alicyclic amines) is 1. The number of nitrogens with zero attached hydrogens (tertiary/aromatic N) is 2. The second-order valence-corrected chi connectivity index (χ2v) is 7.50. The van der Waals surface area contributed by atoms with Crippen LogP contribution in [0, 0.1) is 6.92 Å². The molecule has 0 saturated carbocycles. The number of carbonyl (C=O) groups excluding carboxylic acids is 1. The molecule has 1 N–H and O–H groups in total. The van der Waals surface area contributed by atoms with Crippen LogP contribution in [0.1, 0.15) is 44.2 Å². The van der Waals surface area contributed by atoms with Gasteiger partial charge in [-0.3, -0.25) is 5.10 Å². The van der Waals surface area contributed by atoms with Crippen molar-refractivity contribution in [1.29, 1.82) is 0 Å². The van der Waals surface area contributed by atoms with Gasteiger partial charge in [0.25, 0.3) is 0 Å². The van der Waals surface area contributed by atoms with Gasteiger partial charge in [-0.05, 0) is 57.4 Å². The molecule has 0 aliphatic carbocycles. The van der Waals surface area contributed by atoms with Crippen LogP contribution < -0.4 is 0 Å². The number of aromatic amines is 1. The summed E-state index contributed by atoms with van der Waals surface area (Å²) in [4.78, 5) is 13.6. The standard InChI is InChI=1S/C18H24FN3O2/c1-11-7-12-9-20-21-16(12)8-14(11)13-5-6-22(10-15(13)19)17(23)24-18(2,3)4/h7-9,13,15H,5-6,10H2,1-4H3,(H,20,21)/t13-,15-/m0/s1. The Kier molecular flexibility index (Phi) is 4.24. The smallest absolute Gasteiger partial charge is 0.410 e. The Balaban J connectivity index is 1.75. The fourth-order valence-corrected chi connectivity index (χ4v) is 3.27. The van der Waals surface area contributed by atoms with Gasteiger partial charge in [0.05, 0.1) is 18.3 Å². The van der Waals surface area contributed by atoms with Gasteiger partial charge in [-0.15, -0.1) is 0 Å². The fourth-order valence-electron chi connectivity index (χ4n) is 3.27. The lowest BCUT2D eigenvalue weighted by Gasteiger charge is -2.36. The lowest BCUT2D eigenvalue weighted by Crippen LogP contribution is -2.46. The zero-order chi connectivity index (χ0) is 17.5. The van der Waals surface area contributed by atoms with Gasteiger partial charge in [0.2, 0.25) is 0 Å². The summed E-state index contributed by atoms with van der Waals surface area (Å²) in [6, 6.07) is 4.01. The van der Waals surface area contributed by atoms with E-state index in [1.807, 2.05) is 39.8 Å². The lowest BCUT2D eigenvalue weighted by molar-refractivity contribution is 0.0111. The van der Waals surface area contributed by atoms with Gasteiger partial charge in [0.15, 0.2) is 0 Å². The van der Waals surface area contributed by atoms with Crippen molar-refractivity contribution in [1.82, 2.24) is 15.1 Å². The Morgan fingerprint density at radius 1 is 1.42 bits per heavy atom. The number of amides is 1. The van der Waals surface area contributed by atoms with Gasteiger partial charge in [0.1, 0.15) is 11.8 Å². The minimum Gasteiger partial charge on any atom is -0.444 e. The van der Waals surface area contributed by atoms with E-state index in [-0.39, 0.29) is 12.5 Å². The van der Waals surface area contributed by atoms with E-state index in [2.05, 4.69) is 10.2 Å². The molecular weight excluding hydrogens is 309 g/mol. The van der Waals surface area contributed by atoms with E-state index >= 15 is 0 Å². The molecular formula is C18H24FN3O2. The van der Waals surface area contributed by atoms with Crippen molar-refractivity contribution in [2.24, 2.45) is 0 Å². The van der Waals surface area contributed by atoms with Crippen LogP contribution in [-0.2, 0) is 4.74 Å². The summed E-state index contributed by atoms with van der Waals surface area (Å²) in [5, 5.41) is 7.99. The van der Waals surface area contributed by atoms with Crippen LogP contribution >= 0.6 is 0 Å². The minimum atomic E-state index is -1.11. The number of aryl methyl sites for hydroxylation is 1. The highest BCUT2D eigenvalue weighted by molar-refractivity contribution is 5.80. The summed E-state index contributed by atoms with van der Waals surface area (Å²) in [6.45, 7) is 8.00. The third-order valence-corrected chi connectivity index (χ3v) is 4.42. The molecule has 3 rings (SSSR count). The SMILES string of the molecule is Cc1cc2cn[nH]c2cc1[C@@H]1CCN(C(=O)OC(C)(C)C)C[C@@H]1F. The number of rotatable bonds is 1. The van der Waals surface area contributed by atoms with E-state index in [1.54, 1.807) is 6.20 Å². The highest BCUT2D eigenvalue weighted by Crippen LogP contribution is 2.34. The van der Waals surface area contributed by atoms with Crippen LogP contribution in [-0.4, -0.2) is 46.1 Å². The molecule has 5 nitrogen and oxygen atoms in total. The molecule has 1 amide bonds. The lowest BCUT2D eigenvalue weighted by atomic mass is 9.85. The van der Waals surface area contributed by atoms with Crippen molar-refractivity contribution in [3.63, 3.8) is 0 Å². The average Bonchev–Trinajstić information content (AvgIpc) is 2.91. The molecule has 6 heteroatoms. The summed E-state index contributed by atoms with van der Waals surface area (Å²) < 4.78 is 20.2. The van der Waals surface area contributed by atoms with Crippen LogP contribution in [0.4, 0.5) is 9.18 Å². The largest absolute Gasteiger partial charge is 0.444 e. The Morgan fingerprint density at radius 3 is 2.83 bits per heavy atom. The van der Waals surface area contributed by atoms with Gasteiger partial charge in [0, 0.05) is 17.8 Å². The molecule has 0 spiro atoms. The fraction of sp³-hybridized carbons (Fsp3) is 0.556. The first-order chi connectivity index (χ1) is 11.2. The van der Waals surface area contributed by atoms with Crippen LogP contribution in [0.2, 0.25) is 0 Å². The van der Waals surface area contributed by atoms with Gasteiger partial charge < -0.3 is 9.64 Å².